The van der Waals surface area contributed by atoms with Gasteiger partial charge in [0.25, 0.3) is 5.91 Å². The normalized spacial score (nSPS) is 18.9. The number of amides is 1. The van der Waals surface area contributed by atoms with E-state index in [1.54, 1.807) is 12.1 Å². The number of rotatable bonds is 3. The maximum atomic E-state index is 11.7. The van der Waals surface area contributed by atoms with Crippen molar-refractivity contribution in [3.63, 3.8) is 0 Å². The molecule has 1 saturated carbocycles. The van der Waals surface area contributed by atoms with Gasteiger partial charge in [-0.1, -0.05) is 19.3 Å². The number of hydrogen-bond acceptors (Lipinski definition) is 3. The third kappa shape index (κ3) is 3.33. The first-order valence-electron chi connectivity index (χ1n) is 5.85. The van der Waals surface area contributed by atoms with Gasteiger partial charge >= 0.3 is 0 Å². The van der Waals surface area contributed by atoms with Crippen LogP contribution >= 0.6 is 15.9 Å². The SMILES string of the molecule is O=C(NCC1(O)CCCCC1)c1ccc(Br)o1. The molecule has 1 aromatic rings. The molecule has 2 rings (SSSR count). The van der Waals surface area contributed by atoms with Gasteiger partial charge in [-0.3, -0.25) is 4.79 Å². The first-order chi connectivity index (χ1) is 8.09. The van der Waals surface area contributed by atoms with Crippen molar-refractivity contribution < 1.29 is 14.3 Å². The second-order valence-corrected chi connectivity index (χ2v) is 5.35. The van der Waals surface area contributed by atoms with E-state index in [1.165, 1.54) is 6.42 Å². The monoisotopic (exact) mass is 301 g/mol. The Morgan fingerprint density at radius 1 is 1.41 bits per heavy atom. The first-order valence-corrected chi connectivity index (χ1v) is 6.64. The number of nitrogens with one attached hydrogen (secondary N) is 1. The number of aliphatic hydroxyl groups is 1. The molecule has 17 heavy (non-hydrogen) atoms. The van der Waals surface area contributed by atoms with Crippen molar-refractivity contribution in [2.75, 3.05) is 6.54 Å². The molecule has 0 unspecified atom stereocenters. The molecule has 1 amide bonds. The molecule has 1 heterocycles. The van der Waals surface area contributed by atoms with Crippen LogP contribution in [0.3, 0.4) is 0 Å². The van der Waals surface area contributed by atoms with E-state index in [1.807, 2.05) is 0 Å². The van der Waals surface area contributed by atoms with Crippen LogP contribution in [-0.2, 0) is 0 Å². The zero-order chi connectivity index (χ0) is 12.3. The minimum Gasteiger partial charge on any atom is -0.444 e. The summed E-state index contributed by atoms with van der Waals surface area (Å²) < 4.78 is 5.67. The quantitative estimate of drug-likeness (QED) is 0.901. The fourth-order valence-corrected chi connectivity index (χ4v) is 2.46. The molecule has 0 radical (unpaired) electrons. The van der Waals surface area contributed by atoms with Crippen molar-refractivity contribution in [2.24, 2.45) is 0 Å². The highest BCUT2D eigenvalue weighted by molar-refractivity contribution is 9.10. The van der Waals surface area contributed by atoms with Crippen molar-refractivity contribution in [1.82, 2.24) is 5.32 Å². The van der Waals surface area contributed by atoms with E-state index in [2.05, 4.69) is 21.2 Å². The van der Waals surface area contributed by atoms with Crippen LogP contribution in [0.4, 0.5) is 0 Å². The summed E-state index contributed by atoms with van der Waals surface area (Å²) >= 11 is 3.14. The Bertz CT molecular complexity index is 396. The van der Waals surface area contributed by atoms with Gasteiger partial charge in [0.05, 0.1) is 5.60 Å². The number of carbonyl (C=O) groups excluding carboxylic acids is 1. The Labute approximate surface area is 109 Å². The first kappa shape index (κ1) is 12.6. The lowest BCUT2D eigenvalue weighted by atomic mass is 9.85. The lowest BCUT2D eigenvalue weighted by molar-refractivity contribution is 0.00502. The van der Waals surface area contributed by atoms with Crippen LogP contribution in [0.2, 0.25) is 0 Å². The van der Waals surface area contributed by atoms with Gasteiger partial charge in [0, 0.05) is 6.54 Å². The van der Waals surface area contributed by atoms with Gasteiger partial charge in [0.1, 0.15) is 0 Å². The Balaban J connectivity index is 1.87. The average molecular weight is 302 g/mol. The van der Waals surface area contributed by atoms with Gasteiger partial charge in [0.2, 0.25) is 0 Å². The highest BCUT2D eigenvalue weighted by Crippen LogP contribution is 2.27. The van der Waals surface area contributed by atoms with E-state index in [4.69, 9.17) is 4.42 Å². The largest absolute Gasteiger partial charge is 0.444 e. The topological polar surface area (TPSA) is 62.5 Å². The minimum atomic E-state index is -0.738. The molecule has 2 N–H and O–H groups in total. The fourth-order valence-electron chi connectivity index (χ4n) is 2.15. The predicted octanol–water partition coefficient (Wildman–Crippen LogP) is 2.47. The molecule has 1 aliphatic carbocycles. The second-order valence-electron chi connectivity index (χ2n) is 4.57. The van der Waals surface area contributed by atoms with Gasteiger partial charge in [-0.2, -0.15) is 0 Å². The van der Waals surface area contributed by atoms with E-state index in [-0.39, 0.29) is 11.7 Å². The molecular formula is C12H16BrNO3. The molecule has 0 spiro atoms. The summed E-state index contributed by atoms with van der Waals surface area (Å²) in [7, 11) is 0. The Hall–Kier alpha value is -0.810. The molecule has 4 nitrogen and oxygen atoms in total. The molecule has 1 fully saturated rings. The molecule has 0 saturated heterocycles. The third-order valence-corrected chi connectivity index (χ3v) is 3.59. The lowest BCUT2D eigenvalue weighted by Gasteiger charge is -2.31. The van der Waals surface area contributed by atoms with Crippen LogP contribution in [-0.4, -0.2) is 23.2 Å². The fraction of sp³-hybridized carbons (Fsp3) is 0.583. The summed E-state index contributed by atoms with van der Waals surface area (Å²) in [5.74, 6) is -0.0222. The Morgan fingerprint density at radius 2 is 2.12 bits per heavy atom. The van der Waals surface area contributed by atoms with Crippen LogP contribution in [0.1, 0.15) is 42.7 Å². The van der Waals surface area contributed by atoms with Gasteiger partial charge in [0.15, 0.2) is 10.4 Å². The van der Waals surface area contributed by atoms with Crippen LogP contribution in [0, 0.1) is 0 Å². The van der Waals surface area contributed by atoms with Crippen molar-refractivity contribution in [3.8, 4) is 0 Å². The highest BCUT2D eigenvalue weighted by Gasteiger charge is 2.29. The minimum absolute atomic E-state index is 0.260. The maximum absolute atomic E-state index is 11.7. The summed E-state index contributed by atoms with van der Waals surface area (Å²) in [4.78, 5) is 11.7. The summed E-state index contributed by atoms with van der Waals surface area (Å²) in [6.07, 6.45) is 4.74. The molecule has 0 bridgehead atoms. The van der Waals surface area contributed by atoms with Crippen molar-refractivity contribution >= 4 is 21.8 Å². The lowest BCUT2D eigenvalue weighted by Crippen LogP contribution is -2.44. The standard InChI is InChI=1S/C12H16BrNO3/c13-10-5-4-9(17-10)11(15)14-8-12(16)6-2-1-3-7-12/h4-5,16H,1-3,6-8H2,(H,14,15). The maximum Gasteiger partial charge on any atom is 0.287 e. The number of furan rings is 1. The zero-order valence-electron chi connectivity index (χ0n) is 9.54. The molecule has 0 aromatic carbocycles. The average Bonchev–Trinajstić information content (AvgIpc) is 2.74. The zero-order valence-corrected chi connectivity index (χ0v) is 11.1. The van der Waals surface area contributed by atoms with Gasteiger partial charge in [-0.05, 0) is 40.9 Å². The molecule has 94 valence electrons. The Kier molecular flexibility index (Phi) is 3.89. The molecule has 5 heteroatoms. The summed E-state index contributed by atoms with van der Waals surface area (Å²) in [6.45, 7) is 0.296. The van der Waals surface area contributed by atoms with Gasteiger partial charge in [-0.25, -0.2) is 0 Å². The summed E-state index contributed by atoms with van der Waals surface area (Å²) in [5, 5.41) is 12.9. The van der Waals surface area contributed by atoms with Gasteiger partial charge in [-0.15, -0.1) is 0 Å². The van der Waals surface area contributed by atoms with E-state index < -0.39 is 5.60 Å². The van der Waals surface area contributed by atoms with E-state index in [0.717, 1.165) is 25.7 Å². The van der Waals surface area contributed by atoms with E-state index in [0.29, 0.717) is 11.2 Å². The van der Waals surface area contributed by atoms with Crippen LogP contribution in [0.5, 0.6) is 0 Å². The van der Waals surface area contributed by atoms with Crippen LogP contribution in [0.15, 0.2) is 21.2 Å². The molecule has 1 aromatic heterocycles. The highest BCUT2D eigenvalue weighted by atomic mass is 79.9. The summed E-state index contributed by atoms with van der Waals surface area (Å²) in [5.41, 5.74) is -0.738. The number of carbonyl (C=O) groups is 1. The Morgan fingerprint density at radius 3 is 2.71 bits per heavy atom. The van der Waals surface area contributed by atoms with Gasteiger partial charge < -0.3 is 14.8 Å². The summed E-state index contributed by atoms with van der Waals surface area (Å²) in [6, 6.07) is 3.27. The number of hydrogen-bond donors (Lipinski definition) is 2. The molecule has 0 aliphatic heterocycles. The third-order valence-electron chi connectivity index (χ3n) is 3.16. The predicted molar refractivity (Wildman–Crippen MR) is 66.8 cm³/mol. The van der Waals surface area contributed by atoms with E-state index >= 15 is 0 Å². The van der Waals surface area contributed by atoms with Crippen LogP contribution < -0.4 is 5.32 Å². The molecule has 0 atom stereocenters. The van der Waals surface area contributed by atoms with Crippen molar-refractivity contribution in [3.05, 3.63) is 22.6 Å². The van der Waals surface area contributed by atoms with Crippen molar-refractivity contribution in [2.45, 2.75) is 37.7 Å². The molecular weight excluding hydrogens is 286 g/mol. The van der Waals surface area contributed by atoms with E-state index in [9.17, 15) is 9.90 Å². The van der Waals surface area contributed by atoms with Crippen LogP contribution in [0.25, 0.3) is 0 Å². The van der Waals surface area contributed by atoms with Crippen molar-refractivity contribution in [1.29, 1.82) is 0 Å². The smallest absolute Gasteiger partial charge is 0.287 e. The second kappa shape index (κ2) is 5.23. The molecule has 1 aliphatic rings. The number of halogens is 1.